The Labute approximate surface area is 150 Å². The Morgan fingerprint density at radius 2 is 1.80 bits per heavy atom. The fraction of sp³-hybridized carbons (Fsp3) is 0.0500. The molecule has 1 heterocycles. The quantitative estimate of drug-likeness (QED) is 0.746. The largest absolute Gasteiger partial charge is 0.320 e. The molecule has 0 bridgehead atoms. The van der Waals surface area contributed by atoms with Gasteiger partial charge in [-0.25, -0.2) is 0 Å². The van der Waals surface area contributed by atoms with Gasteiger partial charge in [0.25, 0.3) is 5.91 Å². The number of nitrogens with one attached hydrogen (secondary N) is 1. The third kappa shape index (κ3) is 3.87. The van der Waals surface area contributed by atoms with E-state index in [2.05, 4.69) is 16.4 Å². The minimum atomic E-state index is -0.200. The number of aryl methyl sites for hydroxylation is 1. The number of aromatic nitrogens is 1. The second-order valence-corrected chi connectivity index (χ2v) is 6.43. The molecule has 0 spiro atoms. The van der Waals surface area contributed by atoms with E-state index in [0.29, 0.717) is 16.8 Å². The van der Waals surface area contributed by atoms with Gasteiger partial charge < -0.3 is 5.32 Å². The zero-order valence-corrected chi connectivity index (χ0v) is 14.4. The summed E-state index contributed by atoms with van der Waals surface area (Å²) < 4.78 is 0. The Kier molecular flexibility index (Phi) is 5.12. The summed E-state index contributed by atoms with van der Waals surface area (Å²) in [6.07, 6.45) is 3.32. The van der Waals surface area contributed by atoms with Crippen molar-refractivity contribution in [2.45, 2.75) is 16.7 Å². The number of hydrogen-bond acceptors (Lipinski definition) is 4. The topological polar surface area (TPSA) is 65.8 Å². The molecule has 1 amide bonds. The van der Waals surface area contributed by atoms with E-state index < -0.39 is 0 Å². The maximum Gasteiger partial charge on any atom is 0.256 e. The molecule has 0 fully saturated rings. The summed E-state index contributed by atoms with van der Waals surface area (Å²) in [6.45, 7) is 1.92. The molecule has 5 heteroatoms. The lowest BCUT2D eigenvalue weighted by molar-refractivity contribution is 0.102. The van der Waals surface area contributed by atoms with E-state index in [1.54, 1.807) is 24.5 Å². The highest BCUT2D eigenvalue weighted by molar-refractivity contribution is 7.99. The highest BCUT2D eigenvalue weighted by Gasteiger charge is 2.14. The van der Waals surface area contributed by atoms with Crippen LogP contribution in [0.3, 0.4) is 0 Å². The second-order valence-electron chi connectivity index (χ2n) is 5.35. The van der Waals surface area contributed by atoms with Crippen molar-refractivity contribution < 1.29 is 4.79 Å². The Morgan fingerprint density at radius 1 is 1.08 bits per heavy atom. The zero-order chi connectivity index (χ0) is 17.6. The Balaban J connectivity index is 1.90. The van der Waals surface area contributed by atoms with Crippen LogP contribution in [0.15, 0.2) is 76.8 Å². The summed E-state index contributed by atoms with van der Waals surface area (Å²) in [5.41, 5.74) is 2.78. The van der Waals surface area contributed by atoms with E-state index in [9.17, 15) is 10.1 Å². The lowest BCUT2D eigenvalue weighted by Crippen LogP contribution is -2.14. The number of anilines is 1. The first-order valence-corrected chi connectivity index (χ1v) is 8.48. The molecule has 3 aromatic rings. The zero-order valence-electron chi connectivity index (χ0n) is 13.6. The van der Waals surface area contributed by atoms with E-state index >= 15 is 0 Å². The monoisotopic (exact) mass is 345 g/mol. The van der Waals surface area contributed by atoms with Gasteiger partial charge in [0.1, 0.15) is 6.07 Å². The predicted molar refractivity (Wildman–Crippen MR) is 98.6 cm³/mol. The molecule has 0 aliphatic rings. The average molecular weight is 345 g/mol. The number of hydrogen-bond donors (Lipinski definition) is 1. The summed E-state index contributed by atoms with van der Waals surface area (Å²) in [5.74, 6) is -0.200. The second kappa shape index (κ2) is 7.65. The number of carbonyl (C=O) groups excluding carboxylic acids is 1. The van der Waals surface area contributed by atoms with Crippen LogP contribution in [0.25, 0.3) is 0 Å². The first kappa shape index (κ1) is 16.7. The molecule has 0 aliphatic carbocycles. The van der Waals surface area contributed by atoms with Crippen LogP contribution in [-0.4, -0.2) is 10.9 Å². The van der Waals surface area contributed by atoms with E-state index in [0.717, 1.165) is 15.4 Å². The van der Waals surface area contributed by atoms with Crippen LogP contribution < -0.4 is 5.32 Å². The number of amides is 1. The van der Waals surface area contributed by atoms with Crippen molar-refractivity contribution in [3.63, 3.8) is 0 Å². The number of rotatable bonds is 4. The van der Waals surface area contributed by atoms with Crippen molar-refractivity contribution >= 4 is 23.4 Å². The van der Waals surface area contributed by atoms with Gasteiger partial charge in [0.15, 0.2) is 0 Å². The third-order valence-corrected chi connectivity index (χ3v) is 4.80. The smallest absolute Gasteiger partial charge is 0.256 e. The average Bonchev–Trinajstić information content (AvgIpc) is 2.64. The molecular formula is C20H15N3OS. The lowest BCUT2D eigenvalue weighted by atomic mass is 10.2. The molecule has 3 rings (SSSR count). The van der Waals surface area contributed by atoms with Gasteiger partial charge in [-0.1, -0.05) is 36.0 Å². The van der Waals surface area contributed by atoms with Crippen LogP contribution in [0, 0.1) is 18.3 Å². The van der Waals surface area contributed by atoms with Crippen molar-refractivity contribution in [2.75, 3.05) is 5.32 Å². The maximum absolute atomic E-state index is 12.7. The van der Waals surface area contributed by atoms with E-state index in [-0.39, 0.29) is 5.91 Å². The molecule has 0 aliphatic heterocycles. The van der Waals surface area contributed by atoms with Crippen molar-refractivity contribution in [3.8, 4) is 6.07 Å². The summed E-state index contributed by atoms with van der Waals surface area (Å²) in [7, 11) is 0. The van der Waals surface area contributed by atoms with E-state index in [1.165, 1.54) is 11.8 Å². The van der Waals surface area contributed by atoms with Gasteiger partial charge in [-0.2, -0.15) is 5.26 Å². The van der Waals surface area contributed by atoms with Gasteiger partial charge in [-0.05, 0) is 42.8 Å². The minimum absolute atomic E-state index is 0.200. The molecule has 1 N–H and O–H groups in total. The fourth-order valence-corrected chi connectivity index (χ4v) is 3.32. The lowest BCUT2D eigenvalue weighted by Gasteiger charge is -2.11. The van der Waals surface area contributed by atoms with Crippen LogP contribution in [0.2, 0.25) is 0 Å². The molecule has 122 valence electrons. The molecule has 0 saturated carbocycles. The fourth-order valence-electron chi connectivity index (χ4n) is 2.29. The van der Waals surface area contributed by atoms with Crippen molar-refractivity contribution in [3.05, 3.63) is 83.7 Å². The van der Waals surface area contributed by atoms with Crippen molar-refractivity contribution in [1.82, 2.24) is 4.98 Å². The number of carbonyl (C=O) groups is 1. The van der Waals surface area contributed by atoms with Crippen LogP contribution >= 0.6 is 11.8 Å². The van der Waals surface area contributed by atoms with Gasteiger partial charge in [0, 0.05) is 16.0 Å². The van der Waals surface area contributed by atoms with E-state index in [1.807, 2.05) is 49.4 Å². The standard InChI is InChI=1S/C20H15N3OS/c1-14-10-11-22-13-17(14)23-20(24)16-7-3-5-9-19(16)25-18-8-4-2-6-15(18)12-21/h2-11,13H,1H3,(H,23,24). The highest BCUT2D eigenvalue weighted by Crippen LogP contribution is 2.33. The summed E-state index contributed by atoms with van der Waals surface area (Å²) in [6, 6.07) is 18.7. The van der Waals surface area contributed by atoms with Gasteiger partial charge in [0.2, 0.25) is 0 Å². The molecule has 0 radical (unpaired) electrons. The number of pyridine rings is 1. The first-order chi connectivity index (χ1) is 12.2. The molecule has 4 nitrogen and oxygen atoms in total. The Morgan fingerprint density at radius 3 is 2.56 bits per heavy atom. The summed E-state index contributed by atoms with van der Waals surface area (Å²) in [5, 5.41) is 12.2. The summed E-state index contributed by atoms with van der Waals surface area (Å²) in [4.78, 5) is 18.4. The van der Waals surface area contributed by atoms with Crippen LogP contribution in [0.1, 0.15) is 21.5 Å². The van der Waals surface area contributed by atoms with Crippen LogP contribution in [0.4, 0.5) is 5.69 Å². The molecule has 25 heavy (non-hydrogen) atoms. The molecular weight excluding hydrogens is 330 g/mol. The van der Waals surface area contributed by atoms with Gasteiger partial charge in [-0.15, -0.1) is 0 Å². The predicted octanol–water partition coefficient (Wildman–Crippen LogP) is 4.67. The maximum atomic E-state index is 12.7. The van der Waals surface area contributed by atoms with E-state index in [4.69, 9.17) is 0 Å². The third-order valence-electron chi connectivity index (χ3n) is 3.65. The van der Waals surface area contributed by atoms with Crippen LogP contribution in [0.5, 0.6) is 0 Å². The molecule has 0 saturated heterocycles. The first-order valence-electron chi connectivity index (χ1n) is 7.67. The normalized spacial score (nSPS) is 10.1. The highest BCUT2D eigenvalue weighted by atomic mass is 32.2. The number of nitriles is 1. The summed E-state index contributed by atoms with van der Waals surface area (Å²) >= 11 is 1.41. The Hall–Kier alpha value is -3.10. The minimum Gasteiger partial charge on any atom is -0.320 e. The molecule has 1 aromatic heterocycles. The molecule has 0 unspecified atom stereocenters. The molecule has 2 aromatic carbocycles. The number of nitrogens with zero attached hydrogens (tertiary/aromatic N) is 2. The van der Waals surface area contributed by atoms with Gasteiger partial charge in [-0.3, -0.25) is 9.78 Å². The van der Waals surface area contributed by atoms with Crippen LogP contribution in [-0.2, 0) is 0 Å². The number of benzene rings is 2. The van der Waals surface area contributed by atoms with Crippen molar-refractivity contribution in [1.29, 1.82) is 5.26 Å². The van der Waals surface area contributed by atoms with Gasteiger partial charge >= 0.3 is 0 Å². The Bertz CT molecular complexity index is 963. The van der Waals surface area contributed by atoms with Gasteiger partial charge in [0.05, 0.1) is 23.0 Å². The molecule has 0 atom stereocenters. The van der Waals surface area contributed by atoms with Crippen molar-refractivity contribution in [2.24, 2.45) is 0 Å². The SMILES string of the molecule is Cc1ccncc1NC(=O)c1ccccc1Sc1ccccc1C#N.